The van der Waals surface area contributed by atoms with Crippen LogP contribution in [0.15, 0.2) is 42.5 Å². The van der Waals surface area contributed by atoms with Gasteiger partial charge >= 0.3 is 0 Å². The first-order chi connectivity index (χ1) is 15.5. The van der Waals surface area contributed by atoms with Crippen LogP contribution in [0.1, 0.15) is 62.3 Å². The van der Waals surface area contributed by atoms with Gasteiger partial charge in [-0.25, -0.2) is 4.39 Å². The van der Waals surface area contributed by atoms with Crippen molar-refractivity contribution >= 4 is 11.8 Å². The number of carbonyl (C=O) groups is 2. The lowest BCUT2D eigenvalue weighted by Gasteiger charge is -2.38. The van der Waals surface area contributed by atoms with Crippen molar-refractivity contribution in [3.63, 3.8) is 0 Å². The summed E-state index contributed by atoms with van der Waals surface area (Å²) in [6.07, 6.45) is 3.49. The second kappa shape index (κ2) is 9.72. The maximum Gasteiger partial charge on any atom is 0.261 e. The topological polar surface area (TPSA) is 58.6 Å². The largest absolute Gasteiger partial charge is 0.481 e. The number of carbonyl (C=O) groups excluding carboxylic acids is 2. The highest BCUT2D eigenvalue weighted by atomic mass is 19.1. The van der Waals surface area contributed by atoms with E-state index in [1.165, 1.54) is 12.1 Å². The van der Waals surface area contributed by atoms with Gasteiger partial charge in [0, 0.05) is 19.0 Å². The highest BCUT2D eigenvalue weighted by Gasteiger charge is 2.39. The Hall–Kier alpha value is -2.89. The van der Waals surface area contributed by atoms with Crippen LogP contribution in [0.4, 0.5) is 4.39 Å². The second-order valence-corrected chi connectivity index (χ2v) is 8.68. The van der Waals surface area contributed by atoms with Crippen molar-refractivity contribution in [2.45, 2.75) is 58.1 Å². The molecule has 1 fully saturated rings. The van der Waals surface area contributed by atoms with E-state index >= 15 is 0 Å². The Morgan fingerprint density at radius 1 is 1.16 bits per heavy atom. The predicted molar refractivity (Wildman–Crippen MR) is 121 cm³/mol. The molecule has 0 radical (unpaired) electrons. The number of nitrogens with one attached hydrogen (secondary N) is 1. The zero-order chi connectivity index (χ0) is 22.7. The quantitative estimate of drug-likeness (QED) is 0.665. The first-order valence-electron chi connectivity index (χ1n) is 11.6. The first-order valence-corrected chi connectivity index (χ1v) is 11.6. The fourth-order valence-electron chi connectivity index (χ4n) is 4.32. The first kappa shape index (κ1) is 22.3. The number of hydrogen-bond donors (Lipinski definition) is 1. The van der Waals surface area contributed by atoms with Gasteiger partial charge in [0.2, 0.25) is 5.91 Å². The Labute approximate surface area is 188 Å². The smallest absolute Gasteiger partial charge is 0.261 e. The van der Waals surface area contributed by atoms with E-state index in [0.29, 0.717) is 25.3 Å². The van der Waals surface area contributed by atoms with Gasteiger partial charge in [0.25, 0.3) is 5.91 Å². The SMILES string of the molecule is CCCNC(=O)C(CC)Oc1ccc2c(c1)C(c1ccc(F)cc1)N(C(=O)C1CC1)CC2. The van der Waals surface area contributed by atoms with Crippen LogP contribution in [0, 0.1) is 11.7 Å². The minimum absolute atomic E-state index is 0.102. The van der Waals surface area contributed by atoms with E-state index in [-0.39, 0.29) is 29.6 Å². The van der Waals surface area contributed by atoms with Crippen molar-refractivity contribution in [2.24, 2.45) is 5.92 Å². The molecule has 6 heteroatoms. The van der Waals surface area contributed by atoms with E-state index in [1.807, 2.05) is 36.9 Å². The third-order valence-corrected chi connectivity index (χ3v) is 6.23. The summed E-state index contributed by atoms with van der Waals surface area (Å²) in [6.45, 7) is 5.19. The number of benzene rings is 2. The van der Waals surface area contributed by atoms with E-state index in [1.54, 1.807) is 12.1 Å². The van der Waals surface area contributed by atoms with Crippen molar-refractivity contribution in [1.82, 2.24) is 10.2 Å². The van der Waals surface area contributed by atoms with E-state index < -0.39 is 6.10 Å². The summed E-state index contributed by atoms with van der Waals surface area (Å²) in [5.41, 5.74) is 3.01. The van der Waals surface area contributed by atoms with Gasteiger partial charge in [-0.3, -0.25) is 9.59 Å². The zero-order valence-electron chi connectivity index (χ0n) is 18.8. The standard InChI is InChI=1S/C26H31FN2O3/c1-3-14-28-25(30)23(4-2)32-21-12-9-17-13-15-29(26(31)19-5-6-19)24(22(17)16-21)18-7-10-20(27)11-8-18/h7-12,16,19,23-24H,3-6,13-15H2,1-2H3,(H,28,30). The molecule has 1 saturated carbocycles. The molecule has 32 heavy (non-hydrogen) atoms. The van der Waals surface area contributed by atoms with E-state index in [2.05, 4.69) is 5.32 Å². The number of halogens is 1. The molecule has 2 atom stereocenters. The summed E-state index contributed by atoms with van der Waals surface area (Å²) < 4.78 is 19.7. The van der Waals surface area contributed by atoms with Crippen molar-refractivity contribution in [3.8, 4) is 5.75 Å². The van der Waals surface area contributed by atoms with Crippen LogP contribution in [0.5, 0.6) is 5.75 Å². The molecule has 1 N–H and O–H groups in total. The number of amides is 2. The van der Waals surface area contributed by atoms with E-state index in [0.717, 1.165) is 42.4 Å². The molecule has 170 valence electrons. The molecular weight excluding hydrogens is 407 g/mol. The molecule has 4 rings (SSSR count). The third kappa shape index (κ3) is 4.79. The number of ether oxygens (including phenoxy) is 1. The van der Waals surface area contributed by atoms with Gasteiger partial charge in [-0.15, -0.1) is 0 Å². The van der Waals surface area contributed by atoms with Crippen LogP contribution in [0.2, 0.25) is 0 Å². The summed E-state index contributed by atoms with van der Waals surface area (Å²) in [4.78, 5) is 27.5. The average molecular weight is 439 g/mol. The molecule has 1 aliphatic carbocycles. The van der Waals surface area contributed by atoms with Crippen LogP contribution in [-0.4, -0.2) is 35.9 Å². The maximum absolute atomic E-state index is 13.6. The van der Waals surface area contributed by atoms with Crippen LogP contribution < -0.4 is 10.1 Å². The van der Waals surface area contributed by atoms with E-state index in [4.69, 9.17) is 4.74 Å². The van der Waals surface area contributed by atoms with Gasteiger partial charge in [-0.2, -0.15) is 0 Å². The second-order valence-electron chi connectivity index (χ2n) is 8.68. The number of nitrogens with zero attached hydrogens (tertiary/aromatic N) is 1. The molecule has 0 saturated heterocycles. The minimum atomic E-state index is -0.573. The molecule has 2 unspecified atom stereocenters. The lowest BCUT2D eigenvalue weighted by atomic mass is 9.87. The Kier molecular flexibility index (Phi) is 6.77. The molecule has 2 aliphatic rings. The lowest BCUT2D eigenvalue weighted by molar-refractivity contribution is -0.134. The van der Waals surface area contributed by atoms with Crippen molar-refractivity contribution in [2.75, 3.05) is 13.1 Å². The summed E-state index contributed by atoms with van der Waals surface area (Å²) in [6, 6.07) is 12.0. The Balaban J connectivity index is 1.66. The average Bonchev–Trinajstić information content (AvgIpc) is 3.66. The monoisotopic (exact) mass is 438 g/mol. The van der Waals surface area contributed by atoms with Crippen molar-refractivity contribution in [1.29, 1.82) is 0 Å². The number of rotatable bonds is 8. The molecule has 0 spiro atoms. The fourth-order valence-corrected chi connectivity index (χ4v) is 4.32. The highest BCUT2D eigenvalue weighted by Crippen LogP contribution is 2.41. The Morgan fingerprint density at radius 3 is 2.56 bits per heavy atom. The number of hydrogen-bond acceptors (Lipinski definition) is 3. The van der Waals surface area contributed by atoms with Gasteiger partial charge in [-0.05, 0) is 73.1 Å². The summed E-state index contributed by atoms with van der Waals surface area (Å²) in [7, 11) is 0. The molecule has 0 bridgehead atoms. The molecule has 5 nitrogen and oxygen atoms in total. The molecule has 2 aromatic carbocycles. The Bertz CT molecular complexity index is 972. The van der Waals surface area contributed by atoms with Crippen molar-refractivity contribution < 1.29 is 18.7 Å². The Morgan fingerprint density at radius 2 is 1.91 bits per heavy atom. The van der Waals surface area contributed by atoms with Crippen LogP contribution in [0.3, 0.4) is 0 Å². The molecule has 1 heterocycles. The predicted octanol–water partition coefficient (Wildman–Crippen LogP) is 4.39. The summed E-state index contributed by atoms with van der Waals surface area (Å²) in [5, 5.41) is 2.89. The summed E-state index contributed by atoms with van der Waals surface area (Å²) >= 11 is 0. The van der Waals surface area contributed by atoms with Gasteiger partial charge in [0.05, 0.1) is 6.04 Å². The fraction of sp³-hybridized carbons (Fsp3) is 0.462. The van der Waals surface area contributed by atoms with Crippen LogP contribution in [-0.2, 0) is 16.0 Å². The van der Waals surface area contributed by atoms with E-state index in [9.17, 15) is 14.0 Å². The zero-order valence-corrected chi connectivity index (χ0v) is 18.8. The van der Waals surface area contributed by atoms with Crippen LogP contribution in [0.25, 0.3) is 0 Å². The van der Waals surface area contributed by atoms with Gasteiger partial charge < -0.3 is 15.0 Å². The molecule has 2 aromatic rings. The normalized spacial score (nSPS) is 18.6. The number of fused-ring (bicyclic) bond motifs is 1. The minimum Gasteiger partial charge on any atom is -0.481 e. The molecule has 1 aliphatic heterocycles. The summed E-state index contributed by atoms with van der Waals surface area (Å²) in [5.74, 6) is 0.459. The van der Waals surface area contributed by atoms with Crippen molar-refractivity contribution in [3.05, 3.63) is 65.0 Å². The third-order valence-electron chi connectivity index (χ3n) is 6.23. The highest BCUT2D eigenvalue weighted by molar-refractivity contribution is 5.82. The molecule has 2 amide bonds. The lowest BCUT2D eigenvalue weighted by Crippen LogP contribution is -2.41. The molecular formula is C26H31FN2O3. The molecule has 0 aromatic heterocycles. The van der Waals surface area contributed by atoms with Crippen LogP contribution >= 0.6 is 0 Å². The maximum atomic E-state index is 13.6. The van der Waals surface area contributed by atoms with Gasteiger partial charge in [0.1, 0.15) is 11.6 Å². The van der Waals surface area contributed by atoms with Gasteiger partial charge in [0.15, 0.2) is 6.10 Å². The van der Waals surface area contributed by atoms with Gasteiger partial charge in [-0.1, -0.05) is 32.0 Å².